The molecule has 0 unspecified atom stereocenters. The zero-order valence-corrected chi connectivity index (χ0v) is 14.1. The molecule has 0 fully saturated rings. The van der Waals surface area contributed by atoms with Gasteiger partial charge < -0.3 is 5.11 Å². The van der Waals surface area contributed by atoms with Crippen LogP contribution in [0.2, 0.25) is 0 Å². The molecule has 0 spiro atoms. The van der Waals surface area contributed by atoms with Crippen LogP contribution in [-0.4, -0.2) is 11.3 Å². The molecule has 1 N–H and O–H groups in total. The Morgan fingerprint density at radius 1 is 1.04 bits per heavy atom. The van der Waals surface area contributed by atoms with Crippen LogP contribution < -0.4 is 0 Å². The lowest BCUT2D eigenvalue weighted by Gasteiger charge is -2.08. The van der Waals surface area contributed by atoms with Gasteiger partial charge in [-0.15, -0.1) is 0 Å². The van der Waals surface area contributed by atoms with Gasteiger partial charge in [-0.05, 0) is 48.1 Å². The molecule has 0 radical (unpaired) electrons. The summed E-state index contributed by atoms with van der Waals surface area (Å²) in [4.78, 5) is 0. The minimum absolute atomic E-state index is 0.000747. The molecule has 132 valence electrons. The summed E-state index contributed by atoms with van der Waals surface area (Å²) in [7, 11) is 0. The third-order valence-corrected chi connectivity index (χ3v) is 3.99. The van der Waals surface area contributed by atoms with Crippen molar-refractivity contribution in [3.63, 3.8) is 0 Å². The van der Waals surface area contributed by atoms with Crippen molar-refractivity contribution in [2.75, 3.05) is 0 Å². The van der Waals surface area contributed by atoms with Gasteiger partial charge in [-0.1, -0.05) is 60.7 Å². The fourth-order valence-corrected chi connectivity index (χ4v) is 2.51. The quantitative estimate of drug-likeness (QED) is 0.651. The maximum Gasteiger partial charge on any atom is 0.415 e. The predicted octanol–water partition coefficient (Wildman–Crippen LogP) is 5.84. The van der Waals surface area contributed by atoms with Gasteiger partial charge >= 0.3 is 6.18 Å². The summed E-state index contributed by atoms with van der Waals surface area (Å²) in [6.45, 7) is 4.75. The maximum atomic E-state index is 12.5. The number of aliphatic hydroxyl groups excluding tert-OH is 1. The number of halogens is 3. The van der Waals surface area contributed by atoms with E-state index in [2.05, 4.69) is 6.58 Å². The number of aliphatic hydroxyl groups is 1. The third-order valence-electron chi connectivity index (χ3n) is 3.99. The highest BCUT2D eigenvalue weighted by molar-refractivity contribution is 5.64. The number of hydrogen-bond acceptors (Lipinski definition) is 1. The lowest BCUT2D eigenvalue weighted by molar-refractivity contribution is -0.0879. The Kier molecular flexibility index (Phi) is 6.21. The zero-order valence-electron chi connectivity index (χ0n) is 14.1. The van der Waals surface area contributed by atoms with E-state index >= 15 is 0 Å². The number of rotatable bonds is 6. The molecule has 0 aliphatic carbocycles. The van der Waals surface area contributed by atoms with Crippen LogP contribution in [0.15, 0.2) is 72.3 Å². The molecular weight excluding hydrogens is 325 g/mol. The third kappa shape index (κ3) is 5.61. The van der Waals surface area contributed by atoms with E-state index in [1.807, 2.05) is 48.5 Å². The molecule has 0 aromatic heterocycles. The second-order valence-electron chi connectivity index (χ2n) is 6.07. The van der Waals surface area contributed by atoms with Crippen LogP contribution in [0.25, 0.3) is 11.1 Å². The molecule has 0 saturated carbocycles. The van der Waals surface area contributed by atoms with Crippen LogP contribution in [0.1, 0.15) is 24.5 Å². The van der Waals surface area contributed by atoms with Gasteiger partial charge in [-0.2, -0.15) is 13.2 Å². The molecule has 0 atom stereocenters. The fourth-order valence-electron chi connectivity index (χ4n) is 2.51. The Hall–Kier alpha value is -2.33. The van der Waals surface area contributed by atoms with Crippen molar-refractivity contribution in [3.8, 4) is 11.1 Å². The molecule has 25 heavy (non-hydrogen) atoms. The van der Waals surface area contributed by atoms with Crippen LogP contribution in [0, 0.1) is 0 Å². The number of alkyl halides is 3. The summed E-state index contributed by atoms with van der Waals surface area (Å²) in [5, 5.41) is 9.21. The van der Waals surface area contributed by atoms with Gasteiger partial charge in [0.15, 0.2) is 0 Å². The number of aryl methyl sites for hydroxylation is 1. The molecule has 1 nitrogen and oxygen atoms in total. The molecule has 2 rings (SSSR count). The number of benzene rings is 2. The largest absolute Gasteiger partial charge is 0.415 e. The van der Waals surface area contributed by atoms with Gasteiger partial charge in [0, 0.05) is 5.57 Å². The van der Waals surface area contributed by atoms with E-state index < -0.39 is 11.7 Å². The van der Waals surface area contributed by atoms with Gasteiger partial charge in [-0.3, -0.25) is 0 Å². The van der Waals surface area contributed by atoms with Gasteiger partial charge in [0.05, 0.1) is 6.61 Å². The van der Waals surface area contributed by atoms with Gasteiger partial charge in [0.1, 0.15) is 0 Å². The molecule has 4 heteroatoms. The normalized spacial score (nSPS) is 12.3. The average Bonchev–Trinajstić information content (AvgIpc) is 2.59. The molecular formula is C21H21F3O. The van der Waals surface area contributed by atoms with E-state index in [0.29, 0.717) is 18.4 Å². The van der Waals surface area contributed by atoms with E-state index in [1.54, 1.807) is 6.92 Å². The highest BCUT2D eigenvalue weighted by Gasteiger charge is 2.30. The highest BCUT2D eigenvalue weighted by atomic mass is 19.4. The number of allylic oxidation sites excluding steroid dienone is 3. The molecule has 2 aromatic rings. The van der Waals surface area contributed by atoms with E-state index in [1.165, 1.54) is 0 Å². The second-order valence-corrected chi connectivity index (χ2v) is 6.07. The molecule has 0 aliphatic rings. The predicted molar refractivity (Wildman–Crippen MR) is 95.1 cm³/mol. The van der Waals surface area contributed by atoms with Crippen molar-refractivity contribution in [1.82, 2.24) is 0 Å². The monoisotopic (exact) mass is 346 g/mol. The highest BCUT2D eigenvalue weighted by Crippen LogP contribution is 2.27. The first kappa shape index (κ1) is 19.0. The van der Waals surface area contributed by atoms with E-state index in [4.69, 9.17) is 0 Å². The summed E-state index contributed by atoms with van der Waals surface area (Å²) >= 11 is 0. The molecule has 2 aromatic carbocycles. The summed E-state index contributed by atoms with van der Waals surface area (Å²) < 4.78 is 37.4. The lowest BCUT2D eigenvalue weighted by Crippen LogP contribution is -2.08. The first-order valence-electron chi connectivity index (χ1n) is 8.02. The van der Waals surface area contributed by atoms with E-state index in [0.717, 1.165) is 28.3 Å². The SMILES string of the molecule is C=C(/C=C(\C)CCc1ccc(-c2cccc(CO)c2)cc1)C(F)(F)F. The summed E-state index contributed by atoms with van der Waals surface area (Å²) in [6.07, 6.45) is -2.04. The van der Waals surface area contributed by atoms with Crippen molar-refractivity contribution in [2.24, 2.45) is 0 Å². The standard InChI is InChI=1S/C21H21F3O/c1-15(12-16(2)21(22,23)24)6-7-17-8-10-19(11-9-17)20-5-3-4-18(13-20)14-25/h3-5,8-13,25H,2,6-7,14H2,1H3/b15-12+. The van der Waals surface area contributed by atoms with Crippen molar-refractivity contribution < 1.29 is 18.3 Å². The Bertz CT molecular complexity index is 755. The van der Waals surface area contributed by atoms with Gasteiger partial charge in [0.25, 0.3) is 0 Å². The summed E-state index contributed by atoms with van der Waals surface area (Å²) in [5.74, 6) is 0. The summed E-state index contributed by atoms with van der Waals surface area (Å²) in [5.41, 5.74) is 3.82. The van der Waals surface area contributed by atoms with Crippen LogP contribution >= 0.6 is 0 Å². The van der Waals surface area contributed by atoms with Crippen LogP contribution in [0.3, 0.4) is 0 Å². The smallest absolute Gasteiger partial charge is 0.392 e. The molecule has 0 amide bonds. The Morgan fingerprint density at radius 3 is 2.32 bits per heavy atom. The average molecular weight is 346 g/mol. The van der Waals surface area contributed by atoms with Gasteiger partial charge in [0.2, 0.25) is 0 Å². The molecule has 0 aliphatic heterocycles. The molecule has 0 heterocycles. The Morgan fingerprint density at radius 2 is 1.72 bits per heavy atom. The van der Waals surface area contributed by atoms with Crippen LogP contribution in [0.5, 0.6) is 0 Å². The minimum Gasteiger partial charge on any atom is -0.392 e. The maximum absolute atomic E-state index is 12.5. The first-order chi connectivity index (χ1) is 11.8. The topological polar surface area (TPSA) is 20.2 Å². The minimum atomic E-state index is -4.37. The van der Waals surface area contributed by atoms with Crippen LogP contribution in [0.4, 0.5) is 13.2 Å². The van der Waals surface area contributed by atoms with Crippen molar-refractivity contribution in [1.29, 1.82) is 0 Å². The first-order valence-corrected chi connectivity index (χ1v) is 8.02. The van der Waals surface area contributed by atoms with Crippen molar-refractivity contribution >= 4 is 0 Å². The zero-order chi connectivity index (χ0) is 18.4. The van der Waals surface area contributed by atoms with Crippen molar-refractivity contribution in [3.05, 3.63) is 83.5 Å². The van der Waals surface area contributed by atoms with E-state index in [9.17, 15) is 18.3 Å². The Balaban J connectivity index is 2.01. The second kappa shape index (κ2) is 8.17. The Labute approximate surface area is 146 Å². The molecule has 0 bridgehead atoms. The molecule has 0 saturated heterocycles. The van der Waals surface area contributed by atoms with E-state index in [-0.39, 0.29) is 6.61 Å². The number of hydrogen-bond donors (Lipinski definition) is 1. The lowest BCUT2D eigenvalue weighted by atomic mass is 9.99. The van der Waals surface area contributed by atoms with Crippen LogP contribution in [-0.2, 0) is 13.0 Å². The van der Waals surface area contributed by atoms with Gasteiger partial charge in [-0.25, -0.2) is 0 Å². The fraction of sp³-hybridized carbons (Fsp3) is 0.238. The summed E-state index contributed by atoms with van der Waals surface area (Å²) in [6, 6.07) is 15.6. The van der Waals surface area contributed by atoms with Crippen molar-refractivity contribution in [2.45, 2.75) is 32.5 Å².